The molecule has 0 saturated heterocycles. The molecule has 3 rings (SSSR count). The molecule has 34 heavy (non-hydrogen) atoms. The first kappa shape index (κ1) is 25.2. The molecule has 2 aromatic carbocycles. The topological polar surface area (TPSA) is 117 Å². The third-order valence-corrected chi connectivity index (χ3v) is 5.76. The second-order valence-corrected chi connectivity index (χ2v) is 8.43. The van der Waals surface area contributed by atoms with Crippen molar-refractivity contribution in [3.8, 4) is 11.1 Å². The molecule has 0 radical (unpaired) electrons. The average Bonchev–Trinajstić information content (AvgIpc) is 3.13. The van der Waals surface area contributed by atoms with Gasteiger partial charge in [-0.25, -0.2) is 9.59 Å². The van der Waals surface area contributed by atoms with Crippen molar-refractivity contribution >= 4 is 18.0 Å². The minimum absolute atomic E-state index is 0.0414. The van der Waals surface area contributed by atoms with Crippen molar-refractivity contribution < 1.29 is 29.0 Å². The van der Waals surface area contributed by atoms with Crippen LogP contribution in [0.25, 0.3) is 11.1 Å². The van der Waals surface area contributed by atoms with E-state index in [-0.39, 0.29) is 32.0 Å². The Balaban J connectivity index is 1.49. The van der Waals surface area contributed by atoms with E-state index in [2.05, 4.69) is 22.8 Å². The van der Waals surface area contributed by atoms with Crippen molar-refractivity contribution in [3.63, 3.8) is 0 Å². The lowest BCUT2D eigenvalue weighted by atomic mass is 9.98. The molecule has 0 saturated carbocycles. The summed E-state index contributed by atoms with van der Waals surface area (Å²) in [5.41, 5.74) is 4.54. The molecule has 1 aliphatic carbocycles. The minimum Gasteiger partial charge on any atom is -0.480 e. The Morgan fingerprint density at radius 1 is 1.03 bits per heavy atom. The number of amides is 2. The van der Waals surface area contributed by atoms with Crippen LogP contribution in [0.4, 0.5) is 4.79 Å². The van der Waals surface area contributed by atoms with E-state index < -0.39 is 30.1 Å². The van der Waals surface area contributed by atoms with Gasteiger partial charge in [0.2, 0.25) is 5.91 Å². The molecule has 2 aromatic rings. The molecule has 9 heteroatoms. The Morgan fingerprint density at radius 3 is 2.15 bits per heavy atom. The quantitative estimate of drug-likeness (QED) is 0.461. The number of aliphatic carboxylic acids is 1. The molecule has 9 nitrogen and oxygen atoms in total. The van der Waals surface area contributed by atoms with Crippen LogP contribution in [0.5, 0.6) is 0 Å². The van der Waals surface area contributed by atoms with Crippen LogP contribution in [0.3, 0.4) is 0 Å². The van der Waals surface area contributed by atoms with Gasteiger partial charge in [-0.1, -0.05) is 48.5 Å². The molecule has 2 atom stereocenters. The summed E-state index contributed by atoms with van der Waals surface area (Å²) < 4.78 is 10.7. The van der Waals surface area contributed by atoms with E-state index in [1.165, 1.54) is 7.11 Å². The smallest absolute Gasteiger partial charge is 0.407 e. The number of rotatable bonds is 11. The van der Waals surface area contributed by atoms with Gasteiger partial charge in [0.05, 0.1) is 0 Å². The first-order chi connectivity index (χ1) is 16.3. The van der Waals surface area contributed by atoms with Crippen LogP contribution in [0.15, 0.2) is 48.5 Å². The Kier molecular flexibility index (Phi) is 8.61. The SMILES string of the molecule is COC(CCNC(=O)OCC1c2ccccc2-c2ccccc21)C(=O)N[C@@H](CN(C)C)C(=O)O. The number of methoxy groups -OCH3 is 1. The maximum Gasteiger partial charge on any atom is 0.407 e. The van der Waals surface area contributed by atoms with Crippen LogP contribution in [0.1, 0.15) is 23.5 Å². The van der Waals surface area contributed by atoms with Gasteiger partial charge in [0.1, 0.15) is 18.8 Å². The summed E-state index contributed by atoms with van der Waals surface area (Å²) >= 11 is 0. The number of alkyl carbamates (subject to hydrolysis) is 1. The van der Waals surface area contributed by atoms with Crippen molar-refractivity contribution in [2.75, 3.05) is 40.9 Å². The minimum atomic E-state index is -1.13. The first-order valence-corrected chi connectivity index (χ1v) is 11.1. The molecule has 0 heterocycles. The van der Waals surface area contributed by atoms with Gasteiger partial charge in [-0.2, -0.15) is 0 Å². The zero-order valence-corrected chi connectivity index (χ0v) is 19.6. The maximum absolute atomic E-state index is 12.4. The van der Waals surface area contributed by atoms with Gasteiger partial charge in [0.25, 0.3) is 0 Å². The third kappa shape index (κ3) is 6.12. The number of carboxylic acids is 1. The number of nitrogens with zero attached hydrogens (tertiary/aromatic N) is 1. The maximum atomic E-state index is 12.4. The van der Waals surface area contributed by atoms with E-state index in [1.807, 2.05) is 36.4 Å². The van der Waals surface area contributed by atoms with Crippen molar-refractivity contribution in [1.82, 2.24) is 15.5 Å². The molecule has 3 N–H and O–H groups in total. The Morgan fingerprint density at radius 2 is 1.62 bits per heavy atom. The number of hydrogen-bond donors (Lipinski definition) is 3. The molecule has 182 valence electrons. The number of hydrogen-bond acceptors (Lipinski definition) is 6. The third-order valence-electron chi connectivity index (χ3n) is 5.76. The van der Waals surface area contributed by atoms with Gasteiger partial charge in [0, 0.05) is 32.5 Å². The van der Waals surface area contributed by atoms with Crippen LogP contribution in [0.2, 0.25) is 0 Å². The lowest BCUT2D eigenvalue weighted by Gasteiger charge is -2.22. The summed E-state index contributed by atoms with van der Waals surface area (Å²) in [4.78, 5) is 37.7. The lowest BCUT2D eigenvalue weighted by molar-refractivity contribution is -0.144. The molecule has 2 amide bonds. The Labute approximate surface area is 199 Å². The molecule has 1 aliphatic rings. The molecule has 0 bridgehead atoms. The normalized spacial score (nSPS) is 14.1. The van der Waals surface area contributed by atoms with E-state index in [4.69, 9.17) is 9.47 Å². The van der Waals surface area contributed by atoms with Crippen molar-refractivity contribution in [3.05, 3.63) is 59.7 Å². The van der Waals surface area contributed by atoms with E-state index >= 15 is 0 Å². The van der Waals surface area contributed by atoms with E-state index in [9.17, 15) is 19.5 Å². The highest BCUT2D eigenvalue weighted by Gasteiger charge is 2.29. The Hall–Kier alpha value is -3.43. The number of carboxylic acid groups (broad SMARTS) is 1. The van der Waals surface area contributed by atoms with Gasteiger partial charge in [-0.3, -0.25) is 4.79 Å². The second kappa shape index (κ2) is 11.6. The molecule has 0 fully saturated rings. The highest BCUT2D eigenvalue weighted by Crippen LogP contribution is 2.44. The highest BCUT2D eigenvalue weighted by atomic mass is 16.5. The predicted octanol–water partition coefficient (Wildman–Crippen LogP) is 2.06. The fraction of sp³-hybridized carbons (Fsp3) is 0.400. The lowest BCUT2D eigenvalue weighted by Crippen LogP contribution is -2.50. The molecule has 0 aromatic heterocycles. The van der Waals surface area contributed by atoms with E-state index in [0.29, 0.717) is 0 Å². The number of likely N-dealkylation sites (N-methyl/N-ethyl adjacent to an activating group) is 1. The average molecular weight is 470 g/mol. The summed E-state index contributed by atoms with van der Waals surface area (Å²) in [5.74, 6) is -1.72. The zero-order chi connectivity index (χ0) is 24.7. The van der Waals surface area contributed by atoms with Crippen molar-refractivity contribution in [1.29, 1.82) is 0 Å². The van der Waals surface area contributed by atoms with E-state index in [1.54, 1.807) is 19.0 Å². The molecule has 0 spiro atoms. The van der Waals surface area contributed by atoms with Crippen molar-refractivity contribution in [2.45, 2.75) is 24.5 Å². The number of fused-ring (bicyclic) bond motifs is 3. The number of benzene rings is 2. The van der Waals surface area contributed by atoms with Gasteiger partial charge >= 0.3 is 12.1 Å². The number of carbonyl (C=O) groups is 3. The summed E-state index contributed by atoms with van der Waals surface area (Å²) in [6.45, 7) is 0.475. The van der Waals surface area contributed by atoms with Gasteiger partial charge in [0.15, 0.2) is 0 Å². The van der Waals surface area contributed by atoms with Crippen LogP contribution < -0.4 is 10.6 Å². The van der Waals surface area contributed by atoms with Crippen LogP contribution in [-0.2, 0) is 19.1 Å². The standard InChI is InChI=1S/C25H31N3O6/c1-28(2)14-21(24(30)31)27-23(29)22(33-3)12-13-26-25(32)34-15-20-18-10-6-4-8-16(18)17-9-5-7-11-19(17)20/h4-11,20-22H,12-15H2,1-3H3,(H,26,32)(H,27,29)(H,30,31)/t21-,22?/m0/s1. The number of ether oxygens (including phenoxy) is 2. The highest BCUT2D eigenvalue weighted by molar-refractivity contribution is 5.86. The number of nitrogens with one attached hydrogen (secondary N) is 2. The monoisotopic (exact) mass is 469 g/mol. The summed E-state index contributed by atoms with van der Waals surface area (Å²) in [7, 11) is 4.79. The molecular weight excluding hydrogens is 438 g/mol. The van der Waals surface area contributed by atoms with Crippen molar-refractivity contribution in [2.24, 2.45) is 0 Å². The fourth-order valence-electron chi connectivity index (χ4n) is 4.13. The van der Waals surface area contributed by atoms with Gasteiger partial charge in [-0.15, -0.1) is 0 Å². The molecule has 1 unspecified atom stereocenters. The summed E-state index contributed by atoms with van der Waals surface area (Å²) in [5, 5.41) is 14.4. The summed E-state index contributed by atoms with van der Waals surface area (Å²) in [6, 6.07) is 15.1. The van der Waals surface area contributed by atoms with Gasteiger partial charge in [-0.05, 0) is 36.3 Å². The largest absolute Gasteiger partial charge is 0.480 e. The van der Waals surface area contributed by atoms with Crippen LogP contribution in [0, 0.1) is 0 Å². The number of carbonyl (C=O) groups excluding carboxylic acids is 2. The van der Waals surface area contributed by atoms with Crippen LogP contribution in [-0.4, -0.2) is 81.0 Å². The zero-order valence-electron chi connectivity index (χ0n) is 19.6. The Bertz CT molecular complexity index is 980. The first-order valence-electron chi connectivity index (χ1n) is 11.1. The molecule has 0 aliphatic heterocycles. The van der Waals surface area contributed by atoms with Gasteiger partial charge < -0.3 is 30.1 Å². The molecular formula is C25H31N3O6. The van der Waals surface area contributed by atoms with E-state index in [0.717, 1.165) is 22.3 Å². The second-order valence-electron chi connectivity index (χ2n) is 8.43. The predicted molar refractivity (Wildman–Crippen MR) is 127 cm³/mol. The van der Waals surface area contributed by atoms with Crippen LogP contribution >= 0.6 is 0 Å². The summed E-state index contributed by atoms with van der Waals surface area (Å²) in [6.07, 6.45) is -1.33. The fourth-order valence-corrected chi connectivity index (χ4v) is 4.13.